The highest BCUT2D eigenvalue weighted by molar-refractivity contribution is 8.00. The number of hydrogen-bond donors (Lipinski definition) is 2. The molecular weight excluding hydrogens is 311 g/mol. The number of nitrogens with two attached hydrogens (primary N) is 1. The molecule has 1 heterocycles. The van der Waals surface area contributed by atoms with Crippen LogP contribution in [0.5, 0.6) is 0 Å². The van der Waals surface area contributed by atoms with E-state index in [1.54, 1.807) is 18.7 Å². The molecule has 1 aromatic carbocycles. The summed E-state index contributed by atoms with van der Waals surface area (Å²) in [6.45, 7) is 1.94. The minimum Gasteiger partial charge on any atom is -0.326 e. The number of halogens is 1. The van der Waals surface area contributed by atoms with E-state index < -0.39 is 15.8 Å². The van der Waals surface area contributed by atoms with Crippen molar-refractivity contribution in [2.24, 2.45) is 5.73 Å². The summed E-state index contributed by atoms with van der Waals surface area (Å²) >= 11 is 1.81. The van der Waals surface area contributed by atoms with Crippen LogP contribution in [0.4, 0.5) is 4.39 Å². The Morgan fingerprint density at radius 1 is 1.43 bits per heavy atom. The number of benzene rings is 1. The third-order valence-electron chi connectivity index (χ3n) is 3.61. The molecule has 0 aliphatic carbocycles. The van der Waals surface area contributed by atoms with Crippen molar-refractivity contribution in [1.29, 1.82) is 0 Å². The predicted molar refractivity (Wildman–Crippen MR) is 84.3 cm³/mol. The Bertz CT molecular complexity index is 599. The Labute approximate surface area is 129 Å². The fourth-order valence-electron chi connectivity index (χ4n) is 2.36. The first-order chi connectivity index (χ1) is 9.94. The second-order valence-electron chi connectivity index (χ2n) is 5.26. The lowest BCUT2D eigenvalue weighted by Gasteiger charge is -2.21. The maximum atomic E-state index is 13.7. The van der Waals surface area contributed by atoms with Gasteiger partial charge < -0.3 is 5.73 Å². The Kier molecular flexibility index (Phi) is 5.65. The molecule has 7 heteroatoms. The van der Waals surface area contributed by atoms with Crippen LogP contribution in [0.15, 0.2) is 17.0 Å². The molecule has 2 rings (SSSR count). The largest absolute Gasteiger partial charge is 0.326 e. The monoisotopic (exact) mass is 332 g/mol. The Morgan fingerprint density at radius 2 is 2.19 bits per heavy atom. The third-order valence-corrected chi connectivity index (χ3v) is 6.41. The van der Waals surface area contributed by atoms with Crippen LogP contribution in [0, 0.1) is 12.7 Å². The zero-order chi connectivity index (χ0) is 15.5. The van der Waals surface area contributed by atoms with Crippen LogP contribution in [0.1, 0.15) is 30.4 Å². The van der Waals surface area contributed by atoms with E-state index in [0.29, 0.717) is 17.4 Å². The van der Waals surface area contributed by atoms with E-state index in [0.717, 1.165) is 18.6 Å². The normalized spacial score (nSPS) is 19.7. The van der Waals surface area contributed by atoms with Crippen LogP contribution in [-0.2, 0) is 16.6 Å². The Balaban J connectivity index is 2.13. The van der Waals surface area contributed by atoms with E-state index in [4.69, 9.17) is 5.73 Å². The maximum absolute atomic E-state index is 13.7. The first-order valence-corrected chi connectivity index (χ1v) is 9.57. The smallest absolute Gasteiger partial charge is 0.240 e. The van der Waals surface area contributed by atoms with Crippen LogP contribution in [0.2, 0.25) is 0 Å². The molecule has 0 bridgehead atoms. The van der Waals surface area contributed by atoms with Gasteiger partial charge in [-0.05, 0) is 43.2 Å². The van der Waals surface area contributed by atoms with Crippen LogP contribution in [0.25, 0.3) is 0 Å². The first kappa shape index (κ1) is 16.7. The van der Waals surface area contributed by atoms with Gasteiger partial charge in [-0.15, -0.1) is 0 Å². The summed E-state index contributed by atoms with van der Waals surface area (Å²) < 4.78 is 41.0. The van der Waals surface area contributed by atoms with Crippen LogP contribution in [0.3, 0.4) is 0 Å². The number of rotatable bonds is 5. The average molecular weight is 332 g/mol. The van der Waals surface area contributed by atoms with Crippen LogP contribution < -0.4 is 10.5 Å². The second kappa shape index (κ2) is 7.09. The van der Waals surface area contributed by atoms with Crippen molar-refractivity contribution < 1.29 is 12.8 Å². The average Bonchev–Trinajstić information content (AvgIpc) is 2.49. The number of thioether (sulfide) groups is 1. The molecule has 0 amide bonds. The van der Waals surface area contributed by atoms with Crippen molar-refractivity contribution in [1.82, 2.24) is 4.72 Å². The van der Waals surface area contributed by atoms with Gasteiger partial charge in [0.25, 0.3) is 0 Å². The van der Waals surface area contributed by atoms with Crippen molar-refractivity contribution in [2.75, 3.05) is 12.3 Å². The minimum atomic E-state index is -3.62. The summed E-state index contributed by atoms with van der Waals surface area (Å²) in [4.78, 5) is 0.0858. The molecule has 1 aliphatic rings. The quantitative estimate of drug-likeness (QED) is 0.867. The van der Waals surface area contributed by atoms with Gasteiger partial charge in [0, 0.05) is 23.9 Å². The standard InChI is InChI=1S/C14H21FN2O2S2/c1-10-6-13(7-11(8-16)14(10)15)21(18,19)17-9-12-4-2-3-5-20-12/h6-7,12,17H,2-5,8-9,16H2,1H3. The van der Waals surface area contributed by atoms with E-state index >= 15 is 0 Å². The summed E-state index contributed by atoms with van der Waals surface area (Å²) in [6.07, 6.45) is 3.38. The van der Waals surface area contributed by atoms with E-state index in [1.165, 1.54) is 18.6 Å². The highest BCUT2D eigenvalue weighted by Crippen LogP contribution is 2.25. The van der Waals surface area contributed by atoms with Gasteiger partial charge in [0.2, 0.25) is 10.0 Å². The summed E-state index contributed by atoms with van der Waals surface area (Å²) in [5, 5.41) is 0.323. The lowest BCUT2D eigenvalue weighted by molar-refractivity contribution is 0.571. The second-order valence-corrected chi connectivity index (χ2v) is 8.43. The summed E-state index contributed by atoms with van der Waals surface area (Å²) in [5.74, 6) is 0.651. The van der Waals surface area contributed by atoms with Crippen molar-refractivity contribution in [3.8, 4) is 0 Å². The minimum absolute atomic E-state index is 0.0193. The summed E-state index contributed by atoms with van der Waals surface area (Å²) in [6, 6.07) is 2.67. The van der Waals surface area contributed by atoms with Gasteiger partial charge >= 0.3 is 0 Å². The number of aryl methyl sites for hydroxylation is 1. The molecule has 1 aliphatic heterocycles. The fourth-order valence-corrected chi connectivity index (χ4v) is 4.93. The first-order valence-electron chi connectivity index (χ1n) is 7.04. The Hall–Kier alpha value is -0.630. The molecule has 3 N–H and O–H groups in total. The van der Waals surface area contributed by atoms with Crippen LogP contribution >= 0.6 is 11.8 Å². The third kappa shape index (κ3) is 4.18. The van der Waals surface area contributed by atoms with E-state index in [-0.39, 0.29) is 17.0 Å². The molecule has 118 valence electrons. The molecule has 1 atom stereocenters. The molecule has 0 aromatic heterocycles. The van der Waals surface area contributed by atoms with E-state index in [2.05, 4.69) is 4.72 Å². The molecule has 0 radical (unpaired) electrons. The van der Waals surface area contributed by atoms with Gasteiger partial charge in [0.15, 0.2) is 0 Å². The highest BCUT2D eigenvalue weighted by atomic mass is 32.2. The fraction of sp³-hybridized carbons (Fsp3) is 0.571. The van der Waals surface area contributed by atoms with Crippen molar-refractivity contribution >= 4 is 21.8 Å². The molecule has 0 saturated carbocycles. The molecule has 4 nitrogen and oxygen atoms in total. The SMILES string of the molecule is Cc1cc(S(=O)(=O)NCC2CCCCS2)cc(CN)c1F. The van der Waals surface area contributed by atoms with Gasteiger partial charge in [0.1, 0.15) is 5.82 Å². The number of nitrogens with one attached hydrogen (secondary N) is 1. The zero-order valence-electron chi connectivity index (χ0n) is 12.1. The van der Waals surface area contributed by atoms with Crippen molar-refractivity contribution in [2.45, 2.75) is 42.9 Å². The van der Waals surface area contributed by atoms with Crippen LogP contribution in [-0.4, -0.2) is 26.0 Å². The van der Waals surface area contributed by atoms with E-state index in [9.17, 15) is 12.8 Å². The lowest BCUT2D eigenvalue weighted by atomic mass is 10.1. The molecule has 1 saturated heterocycles. The van der Waals surface area contributed by atoms with E-state index in [1.807, 2.05) is 0 Å². The number of hydrogen-bond acceptors (Lipinski definition) is 4. The van der Waals surface area contributed by atoms with Crippen molar-refractivity contribution in [3.63, 3.8) is 0 Å². The molecule has 1 unspecified atom stereocenters. The van der Waals surface area contributed by atoms with Gasteiger partial charge in [-0.3, -0.25) is 0 Å². The summed E-state index contributed by atoms with van der Waals surface area (Å²) in [5.41, 5.74) is 5.99. The van der Waals surface area contributed by atoms with Gasteiger partial charge in [-0.1, -0.05) is 6.42 Å². The molecule has 21 heavy (non-hydrogen) atoms. The number of sulfonamides is 1. The summed E-state index contributed by atoms with van der Waals surface area (Å²) in [7, 11) is -3.62. The molecule has 0 spiro atoms. The zero-order valence-corrected chi connectivity index (χ0v) is 13.7. The van der Waals surface area contributed by atoms with Gasteiger partial charge in [-0.25, -0.2) is 17.5 Å². The Morgan fingerprint density at radius 3 is 2.81 bits per heavy atom. The highest BCUT2D eigenvalue weighted by Gasteiger charge is 2.21. The van der Waals surface area contributed by atoms with Gasteiger partial charge in [-0.2, -0.15) is 11.8 Å². The predicted octanol–water partition coefficient (Wildman–Crippen LogP) is 2.16. The molecule has 1 aromatic rings. The lowest BCUT2D eigenvalue weighted by Crippen LogP contribution is -2.32. The topological polar surface area (TPSA) is 72.2 Å². The van der Waals surface area contributed by atoms with Gasteiger partial charge in [0.05, 0.1) is 4.90 Å². The van der Waals surface area contributed by atoms with Crippen molar-refractivity contribution in [3.05, 3.63) is 29.1 Å². The molecule has 1 fully saturated rings. The molecular formula is C14H21FN2O2S2. The maximum Gasteiger partial charge on any atom is 0.240 e.